The van der Waals surface area contributed by atoms with Crippen molar-refractivity contribution in [3.8, 4) is 0 Å². The van der Waals surface area contributed by atoms with Crippen LogP contribution in [0.4, 0.5) is 5.95 Å². The first kappa shape index (κ1) is 29.0. The molecule has 17 heteroatoms. The van der Waals surface area contributed by atoms with Crippen molar-refractivity contribution in [1.82, 2.24) is 19.9 Å². The van der Waals surface area contributed by atoms with Crippen LogP contribution in [-0.4, -0.2) is 136 Å². The number of nitrogen functional groups attached to an aromatic ring is 1. The van der Waals surface area contributed by atoms with Crippen LogP contribution >= 0.6 is 0 Å². The second-order valence-corrected chi connectivity index (χ2v) is 10.0. The molecule has 40 heavy (non-hydrogen) atoms. The number of anilines is 1. The summed E-state index contributed by atoms with van der Waals surface area (Å²) in [5, 5.41) is 83.7. The molecule has 1 aliphatic carbocycles. The highest BCUT2D eigenvalue weighted by Gasteiger charge is 2.47. The molecule has 3 aliphatic rings. The van der Waals surface area contributed by atoms with Gasteiger partial charge in [-0.15, -0.1) is 0 Å². The topological polar surface area (TPSA) is 278 Å². The maximum Gasteiger partial charge on any atom is 0.262 e. The van der Waals surface area contributed by atoms with Gasteiger partial charge in [-0.2, -0.15) is 4.98 Å². The average molecular weight is 572 g/mol. The number of rotatable bonds is 8. The Morgan fingerprint density at radius 3 is 2.33 bits per heavy atom. The van der Waals surface area contributed by atoms with Crippen molar-refractivity contribution < 1.29 is 55.1 Å². The summed E-state index contributed by atoms with van der Waals surface area (Å²) < 4.78 is 18.1. The lowest BCUT2D eigenvalue weighted by molar-refractivity contribution is -0.315. The molecule has 17 nitrogen and oxygen atoms in total. The quantitative estimate of drug-likeness (QED) is 0.132. The predicted molar refractivity (Wildman–Crippen MR) is 132 cm³/mol. The second kappa shape index (κ2) is 11.4. The summed E-state index contributed by atoms with van der Waals surface area (Å²) in [7, 11) is 0. The summed E-state index contributed by atoms with van der Waals surface area (Å²) in [6.07, 6.45) is -10.4. The van der Waals surface area contributed by atoms with Gasteiger partial charge in [-0.3, -0.25) is 9.78 Å². The zero-order valence-electron chi connectivity index (χ0n) is 21.0. The van der Waals surface area contributed by atoms with Crippen molar-refractivity contribution in [2.45, 2.75) is 80.0 Å². The van der Waals surface area contributed by atoms with Crippen LogP contribution in [0.1, 0.15) is 11.8 Å². The Morgan fingerprint density at radius 1 is 0.975 bits per heavy atom. The molecule has 0 spiro atoms. The zero-order valence-corrected chi connectivity index (χ0v) is 21.0. The summed E-state index contributed by atoms with van der Waals surface area (Å²) in [6.45, 7) is -1.21. The number of aromatic amines is 1. The molecule has 2 aromatic heterocycles. The molecular formula is C23H33N5O12. The van der Waals surface area contributed by atoms with E-state index in [1.54, 1.807) is 6.08 Å². The van der Waals surface area contributed by atoms with Gasteiger partial charge in [-0.1, -0.05) is 12.2 Å². The number of fused-ring (bicyclic) bond motifs is 1. The van der Waals surface area contributed by atoms with Crippen LogP contribution in [0.2, 0.25) is 0 Å². The first-order valence-electron chi connectivity index (χ1n) is 12.6. The van der Waals surface area contributed by atoms with E-state index in [4.69, 9.17) is 19.9 Å². The van der Waals surface area contributed by atoms with Crippen molar-refractivity contribution in [3.05, 3.63) is 34.3 Å². The maximum atomic E-state index is 12.8. The first-order valence-corrected chi connectivity index (χ1v) is 12.6. The highest BCUT2D eigenvalue weighted by molar-refractivity contribution is 5.80. The Bertz CT molecular complexity index is 1280. The molecule has 2 aromatic rings. The third kappa shape index (κ3) is 5.04. The summed E-state index contributed by atoms with van der Waals surface area (Å²) >= 11 is 0. The monoisotopic (exact) mass is 571 g/mol. The third-order valence-electron chi connectivity index (χ3n) is 7.44. The fraction of sp³-hybridized carbons (Fsp3) is 0.652. The second-order valence-electron chi connectivity index (χ2n) is 10.0. The average Bonchev–Trinajstić information content (AvgIpc) is 3.56. The molecule has 0 amide bonds. The number of hydrogen-bond donors (Lipinski definition) is 11. The Hall–Kier alpha value is -2.52. The minimum absolute atomic E-state index is 0.0107. The molecule has 2 unspecified atom stereocenters. The number of aliphatic hydroxyl groups is 8. The van der Waals surface area contributed by atoms with Crippen molar-refractivity contribution in [3.63, 3.8) is 0 Å². The lowest BCUT2D eigenvalue weighted by Gasteiger charge is -2.41. The third-order valence-corrected chi connectivity index (χ3v) is 7.44. The number of nitrogens with two attached hydrogens (primary N) is 1. The Morgan fingerprint density at radius 2 is 1.65 bits per heavy atom. The molecule has 0 aromatic carbocycles. The molecule has 0 bridgehead atoms. The van der Waals surface area contributed by atoms with Crippen molar-refractivity contribution in [2.24, 2.45) is 0 Å². The summed E-state index contributed by atoms with van der Waals surface area (Å²) in [5.41, 5.74) is 5.59. The molecule has 0 radical (unpaired) electrons. The highest BCUT2D eigenvalue weighted by Crippen LogP contribution is 2.33. The van der Waals surface area contributed by atoms with E-state index < -0.39 is 92.3 Å². The van der Waals surface area contributed by atoms with Gasteiger partial charge in [0.15, 0.2) is 18.2 Å². The molecule has 0 saturated carbocycles. The van der Waals surface area contributed by atoms with E-state index in [2.05, 4.69) is 15.3 Å². The van der Waals surface area contributed by atoms with Crippen LogP contribution < -0.4 is 16.6 Å². The van der Waals surface area contributed by atoms with Crippen LogP contribution in [0.25, 0.3) is 11.0 Å². The summed E-state index contributed by atoms with van der Waals surface area (Å²) in [4.78, 5) is 19.4. The lowest BCUT2D eigenvalue weighted by Crippen LogP contribution is -2.60. The van der Waals surface area contributed by atoms with E-state index in [1.807, 2.05) is 0 Å². The van der Waals surface area contributed by atoms with Gasteiger partial charge in [0.05, 0.1) is 24.6 Å². The molecular weight excluding hydrogens is 538 g/mol. The van der Waals surface area contributed by atoms with E-state index in [0.29, 0.717) is 5.56 Å². The van der Waals surface area contributed by atoms with E-state index in [1.165, 1.54) is 16.8 Å². The molecule has 5 rings (SSSR count). The van der Waals surface area contributed by atoms with Crippen molar-refractivity contribution in [2.75, 3.05) is 18.9 Å². The van der Waals surface area contributed by atoms with Gasteiger partial charge in [-0.05, 0) is 5.56 Å². The molecule has 12 N–H and O–H groups in total. The maximum absolute atomic E-state index is 12.8. The van der Waals surface area contributed by atoms with Gasteiger partial charge in [0.25, 0.3) is 5.56 Å². The van der Waals surface area contributed by atoms with Gasteiger partial charge >= 0.3 is 0 Å². The normalized spacial score (nSPS) is 39.9. The number of aliphatic hydroxyl groups excluding tert-OH is 8. The van der Waals surface area contributed by atoms with Gasteiger partial charge < -0.3 is 70.7 Å². The number of H-pyrrole nitrogens is 1. The fourth-order valence-corrected chi connectivity index (χ4v) is 5.26. The summed E-state index contributed by atoms with van der Waals surface area (Å²) in [6, 6.07) is -0.699. The van der Waals surface area contributed by atoms with Gasteiger partial charge in [-0.25, -0.2) is 0 Å². The first-order chi connectivity index (χ1) is 19.0. The number of nitrogens with one attached hydrogen (secondary N) is 2. The van der Waals surface area contributed by atoms with Crippen molar-refractivity contribution >= 4 is 17.0 Å². The number of hydrogen-bond acceptors (Lipinski definition) is 15. The molecule has 2 saturated heterocycles. The van der Waals surface area contributed by atoms with Gasteiger partial charge in [0.2, 0.25) is 5.95 Å². The summed E-state index contributed by atoms with van der Waals surface area (Å²) in [5.74, 6) is -0.196. The van der Waals surface area contributed by atoms with Crippen LogP contribution in [0, 0.1) is 0 Å². The largest absolute Gasteiger partial charge is 0.394 e. The molecule has 2 fully saturated rings. The molecule has 4 heterocycles. The van der Waals surface area contributed by atoms with E-state index in [0.717, 1.165) is 0 Å². The standard InChI is InChI=1S/C23H33N5O12/c24-23-26-19-12(20(37)27-23)7(4-28(19)21-16(35)14(33)10(5-29)38-21)3-25-8-1-2-9(31)18(8)40-22-17(36)15(34)13(32)11(6-30)39-22/h1-2,4,8-11,13-18,21-22,25,29-36H,3,5-6H2,(H3,24,26,27,37)/t8-,9+,10-,11?,13+,14-,15-,16-,17+,18-,21-,22?/m1/s1. The highest BCUT2D eigenvalue weighted by atomic mass is 16.7. The van der Waals surface area contributed by atoms with E-state index in [-0.39, 0.29) is 23.5 Å². The number of ether oxygens (including phenoxy) is 3. The lowest BCUT2D eigenvalue weighted by atomic mass is 9.99. The Labute approximate surface area is 225 Å². The van der Waals surface area contributed by atoms with Crippen LogP contribution in [0.15, 0.2) is 23.1 Å². The smallest absolute Gasteiger partial charge is 0.262 e. The zero-order chi connectivity index (χ0) is 28.9. The van der Waals surface area contributed by atoms with Crippen LogP contribution in [0.5, 0.6) is 0 Å². The number of nitrogens with zero attached hydrogens (tertiary/aromatic N) is 2. The van der Waals surface area contributed by atoms with Crippen LogP contribution in [0.3, 0.4) is 0 Å². The minimum atomic E-state index is -1.67. The molecule has 222 valence electrons. The van der Waals surface area contributed by atoms with Gasteiger partial charge in [0, 0.05) is 12.7 Å². The molecule has 2 aliphatic heterocycles. The fourth-order valence-electron chi connectivity index (χ4n) is 5.26. The Balaban J connectivity index is 1.37. The Kier molecular flexibility index (Phi) is 8.26. The van der Waals surface area contributed by atoms with Crippen LogP contribution in [-0.2, 0) is 20.8 Å². The van der Waals surface area contributed by atoms with Crippen molar-refractivity contribution in [1.29, 1.82) is 0 Å². The molecule has 12 atom stereocenters. The minimum Gasteiger partial charge on any atom is -0.394 e. The van der Waals surface area contributed by atoms with Gasteiger partial charge in [0.1, 0.15) is 54.9 Å². The SMILES string of the molecule is Nc1nc2c(c(CN[C@@H]3C=C[C@H](O)[C@@H]3OC3OC(CO)[C@H](O)[C@@H](O)[C@@H]3O)cn2[C@@H]2O[C@H](CO)[C@@H](O)[C@H]2O)c(=O)[nH]1. The van der Waals surface area contributed by atoms with E-state index >= 15 is 0 Å². The predicted octanol–water partition coefficient (Wildman–Crippen LogP) is -5.51. The van der Waals surface area contributed by atoms with E-state index in [9.17, 15) is 45.6 Å². The number of aromatic nitrogens is 3.